The lowest BCUT2D eigenvalue weighted by atomic mass is 9.47. The molecule has 0 spiro atoms. The third-order valence-corrected chi connectivity index (χ3v) is 11.5. The van der Waals surface area contributed by atoms with Gasteiger partial charge in [0.1, 0.15) is 11.9 Å². The van der Waals surface area contributed by atoms with Gasteiger partial charge in [-0.2, -0.15) is 0 Å². The Balaban J connectivity index is 1.38. The van der Waals surface area contributed by atoms with Gasteiger partial charge in [-0.25, -0.2) is 0 Å². The van der Waals surface area contributed by atoms with Crippen molar-refractivity contribution < 1.29 is 14.3 Å². The molecule has 4 aliphatic rings. The van der Waals surface area contributed by atoms with E-state index in [-0.39, 0.29) is 29.7 Å². The fourth-order valence-corrected chi connectivity index (χ4v) is 9.45. The molecule has 0 aliphatic heterocycles. The lowest BCUT2D eigenvalue weighted by Crippen LogP contribution is -2.51. The minimum absolute atomic E-state index is 0.00148. The summed E-state index contributed by atoms with van der Waals surface area (Å²) in [4.78, 5) is 23.5. The summed E-state index contributed by atoms with van der Waals surface area (Å²) in [6.45, 7) is 14.0. The monoisotopic (exact) mass is 498 g/mol. The summed E-state index contributed by atoms with van der Waals surface area (Å²) in [6.07, 6.45) is 18.6. The summed E-state index contributed by atoms with van der Waals surface area (Å²) in [5.74, 6) is 4.99. The predicted octanol–water partition coefficient (Wildman–Crippen LogP) is 8.70. The highest BCUT2D eigenvalue weighted by Crippen LogP contribution is 2.67. The van der Waals surface area contributed by atoms with E-state index in [4.69, 9.17) is 4.74 Å². The molecule has 4 aliphatic carbocycles. The molecule has 0 N–H and O–H groups in total. The van der Waals surface area contributed by atoms with Crippen LogP contribution in [0, 0.1) is 46.3 Å². The fourth-order valence-electron chi connectivity index (χ4n) is 9.45. The zero-order chi connectivity index (χ0) is 26.1. The van der Waals surface area contributed by atoms with Crippen LogP contribution in [0.25, 0.3) is 0 Å². The van der Waals surface area contributed by atoms with Crippen LogP contribution in [0.5, 0.6) is 0 Å². The molecule has 204 valence electrons. The van der Waals surface area contributed by atoms with Crippen molar-refractivity contribution in [3.8, 4) is 0 Å². The van der Waals surface area contributed by atoms with Crippen LogP contribution in [0.4, 0.5) is 0 Å². The molecule has 8 atom stereocenters. The second-order valence-corrected chi connectivity index (χ2v) is 14.2. The van der Waals surface area contributed by atoms with Crippen LogP contribution in [-0.4, -0.2) is 17.9 Å². The van der Waals surface area contributed by atoms with Gasteiger partial charge < -0.3 is 9.53 Å². The Morgan fingerprint density at radius 1 is 0.972 bits per heavy atom. The van der Waals surface area contributed by atoms with Gasteiger partial charge in [-0.15, -0.1) is 0 Å². The summed E-state index contributed by atoms with van der Waals surface area (Å²) >= 11 is 0. The maximum Gasteiger partial charge on any atom is 0.306 e. The molecule has 0 heterocycles. The molecule has 3 saturated carbocycles. The third kappa shape index (κ3) is 5.65. The Bertz CT molecular complexity index is 827. The van der Waals surface area contributed by atoms with Gasteiger partial charge in [0, 0.05) is 12.8 Å². The first kappa shape index (κ1) is 27.9. The molecule has 36 heavy (non-hydrogen) atoms. The first-order valence-electron chi connectivity index (χ1n) is 15.4. The van der Waals surface area contributed by atoms with Crippen molar-refractivity contribution in [1.82, 2.24) is 0 Å². The van der Waals surface area contributed by atoms with Crippen LogP contribution < -0.4 is 0 Å². The highest BCUT2D eigenvalue weighted by atomic mass is 16.5. The van der Waals surface area contributed by atoms with E-state index < -0.39 is 0 Å². The summed E-state index contributed by atoms with van der Waals surface area (Å²) in [6, 6.07) is 0. The first-order valence-corrected chi connectivity index (χ1v) is 15.4. The fraction of sp³-hybridized carbons (Fsp3) is 0.879. The first-order chi connectivity index (χ1) is 17.0. The number of ether oxygens (including phenoxy) is 1. The van der Waals surface area contributed by atoms with Crippen molar-refractivity contribution in [2.45, 2.75) is 138 Å². The van der Waals surface area contributed by atoms with Gasteiger partial charge in [0.2, 0.25) is 0 Å². The molecule has 3 nitrogen and oxygen atoms in total. The summed E-state index contributed by atoms with van der Waals surface area (Å²) < 4.78 is 5.82. The molecule has 0 aromatic heterocycles. The molecule has 0 aromatic rings. The summed E-state index contributed by atoms with van der Waals surface area (Å²) in [5, 5.41) is 0. The number of esters is 1. The van der Waals surface area contributed by atoms with Gasteiger partial charge in [0.15, 0.2) is 0 Å². The molecule has 0 bridgehead atoms. The van der Waals surface area contributed by atoms with E-state index >= 15 is 0 Å². The number of allylic oxidation sites excluding steroid dienone is 1. The van der Waals surface area contributed by atoms with Crippen molar-refractivity contribution in [2.75, 3.05) is 0 Å². The second kappa shape index (κ2) is 11.3. The Morgan fingerprint density at radius 2 is 1.72 bits per heavy atom. The minimum atomic E-state index is -0.197. The zero-order valence-corrected chi connectivity index (χ0v) is 24.2. The number of hydrogen-bond acceptors (Lipinski definition) is 3. The van der Waals surface area contributed by atoms with Gasteiger partial charge in [-0.1, -0.05) is 72.0 Å². The van der Waals surface area contributed by atoms with Crippen molar-refractivity contribution in [1.29, 1.82) is 0 Å². The Kier molecular flexibility index (Phi) is 8.77. The lowest BCUT2D eigenvalue weighted by Gasteiger charge is -2.58. The standard InChI is InChI=1S/C33H54O3/c1-22(2)9-7-8-10-23(3)28-14-15-29-27-13-12-25-21-26(36-31(35)16-11-24(4)34)17-19-32(25,5)30(27)18-20-33(28,29)6/h12,22-23,26-30H,7-11,13-21H2,1-6H3/t23-,26+,27+,28-,29+,30+,32+,33-/m1/s1. The quantitative estimate of drug-likeness (QED) is 0.172. The van der Waals surface area contributed by atoms with Gasteiger partial charge in [-0.05, 0) is 98.2 Å². The van der Waals surface area contributed by atoms with Crippen LogP contribution in [-0.2, 0) is 14.3 Å². The molecule has 0 aromatic carbocycles. The van der Waals surface area contributed by atoms with Gasteiger partial charge >= 0.3 is 5.97 Å². The largest absolute Gasteiger partial charge is 0.462 e. The van der Waals surface area contributed by atoms with E-state index in [9.17, 15) is 9.59 Å². The molecule has 0 radical (unpaired) electrons. The summed E-state index contributed by atoms with van der Waals surface area (Å²) in [7, 11) is 0. The third-order valence-electron chi connectivity index (χ3n) is 11.5. The maximum atomic E-state index is 12.2. The average Bonchev–Trinajstić information content (AvgIpc) is 3.18. The molecule has 3 fully saturated rings. The molecule has 0 unspecified atom stereocenters. The van der Waals surface area contributed by atoms with Crippen LogP contribution >= 0.6 is 0 Å². The number of hydrogen-bond donors (Lipinski definition) is 0. The van der Waals surface area contributed by atoms with Crippen molar-refractivity contribution >= 4 is 11.8 Å². The molecule has 3 heteroatoms. The highest BCUT2D eigenvalue weighted by molar-refractivity contribution is 5.81. The molecule has 0 saturated heterocycles. The predicted molar refractivity (Wildman–Crippen MR) is 147 cm³/mol. The SMILES string of the molecule is CC(=O)CCC(=O)O[C@H]1CC[C@@]2(C)C(=CC[C@H]3[C@@H]4CC[C@H]([C@H](C)CCCCC(C)C)[C@@]4(C)CC[C@@H]32)C1. The van der Waals surface area contributed by atoms with E-state index in [0.717, 1.165) is 54.8 Å². The van der Waals surface area contributed by atoms with E-state index in [1.807, 2.05) is 0 Å². The molecular formula is C33H54O3. The molecule has 4 rings (SSSR count). The van der Waals surface area contributed by atoms with E-state index in [1.54, 1.807) is 12.5 Å². The van der Waals surface area contributed by atoms with E-state index in [2.05, 4.69) is 40.7 Å². The van der Waals surface area contributed by atoms with Crippen molar-refractivity contribution in [3.63, 3.8) is 0 Å². The van der Waals surface area contributed by atoms with E-state index in [1.165, 1.54) is 57.8 Å². The van der Waals surface area contributed by atoms with Crippen LogP contribution in [0.3, 0.4) is 0 Å². The van der Waals surface area contributed by atoms with Gasteiger partial charge in [-0.3, -0.25) is 4.79 Å². The average molecular weight is 499 g/mol. The number of carbonyl (C=O) groups is 2. The minimum Gasteiger partial charge on any atom is -0.462 e. The van der Waals surface area contributed by atoms with Crippen LogP contribution in [0.15, 0.2) is 11.6 Å². The van der Waals surface area contributed by atoms with Crippen molar-refractivity contribution in [3.05, 3.63) is 11.6 Å². The number of carbonyl (C=O) groups excluding carboxylic acids is 2. The Labute approximate surface area is 221 Å². The topological polar surface area (TPSA) is 43.4 Å². The van der Waals surface area contributed by atoms with Crippen LogP contribution in [0.2, 0.25) is 0 Å². The number of fused-ring (bicyclic) bond motifs is 5. The Hall–Kier alpha value is -1.12. The van der Waals surface area contributed by atoms with Gasteiger partial charge in [0.25, 0.3) is 0 Å². The number of unbranched alkanes of at least 4 members (excludes halogenated alkanes) is 1. The number of Topliss-reactive ketones (excluding diaryl/α,β-unsaturated/α-hetero) is 1. The Morgan fingerprint density at radius 3 is 2.44 bits per heavy atom. The molecule has 0 amide bonds. The normalized spacial score (nSPS) is 38.5. The summed E-state index contributed by atoms with van der Waals surface area (Å²) in [5.41, 5.74) is 2.38. The molecular weight excluding hydrogens is 444 g/mol. The lowest BCUT2D eigenvalue weighted by molar-refractivity contribution is -0.152. The zero-order valence-electron chi connectivity index (χ0n) is 24.2. The van der Waals surface area contributed by atoms with E-state index in [0.29, 0.717) is 11.8 Å². The van der Waals surface area contributed by atoms with Crippen LogP contribution in [0.1, 0.15) is 131 Å². The highest BCUT2D eigenvalue weighted by Gasteiger charge is 2.59. The smallest absolute Gasteiger partial charge is 0.306 e. The number of ketones is 1. The second-order valence-electron chi connectivity index (χ2n) is 14.2. The van der Waals surface area contributed by atoms with Gasteiger partial charge in [0.05, 0.1) is 6.42 Å². The maximum absolute atomic E-state index is 12.2. The number of rotatable bonds is 10. The van der Waals surface area contributed by atoms with Crippen molar-refractivity contribution in [2.24, 2.45) is 46.3 Å².